The highest BCUT2D eigenvalue weighted by atomic mass is 16.5. The summed E-state index contributed by atoms with van der Waals surface area (Å²) in [6.07, 6.45) is 1.76. The van der Waals surface area contributed by atoms with Crippen molar-refractivity contribution in [2.45, 2.75) is 26.3 Å². The van der Waals surface area contributed by atoms with E-state index < -0.39 is 11.9 Å². The van der Waals surface area contributed by atoms with Gasteiger partial charge in [-0.3, -0.25) is 9.59 Å². The number of benzene rings is 2. The Kier molecular flexibility index (Phi) is 6.11. The smallest absolute Gasteiger partial charge is 0.338 e. The van der Waals surface area contributed by atoms with Gasteiger partial charge in [0.15, 0.2) is 0 Å². The number of hydrogen-bond donors (Lipinski definition) is 1. The number of amides is 1. The van der Waals surface area contributed by atoms with E-state index in [1.165, 1.54) is 0 Å². The Labute approximate surface area is 161 Å². The highest BCUT2D eigenvalue weighted by molar-refractivity contribution is 5.93. The van der Waals surface area contributed by atoms with Crippen molar-refractivity contribution in [3.05, 3.63) is 64.4 Å². The molecule has 2 aromatic carbocycles. The zero-order valence-electron chi connectivity index (χ0n) is 15.4. The lowest BCUT2D eigenvalue weighted by Crippen LogP contribution is -2.30. The van der Waals surface area contributed by atoms with Gasteiger partial charge in [0.25, 0.3) is 5.56 Å². The van der Waals surface area contributed by atoms with E-state index in [4.69, 9.17) is 4.74 Å². The molecule has 144 valence electrons. The zero-order chi connectivity index (χ0) is 19.9. The van der Waals surface area contributed by atoms with E-state index in [2.05, 4.69) is 15.6 Å². The van der Waals surface area contributed by atoms with Crippen LogP contribution >= 0.6 is 0 Å². The molecule has 0 bridgehead atoms. The second-order valence-electron chi connectivity index (χ2n) is 6.18. The lowest BCUT2D eigenvalue weighted by Gasteiger charge is -2.08. The quantitative estimate of drug-likeness (QED) is 0.499. The number of ether oxygens (including phenoxy) is 1. The van der Waals surface area contributed by atoms with Gasteiger partial charge in [0.05, 0.1) is 17.6 Å². The molecule has 0 fully saturated rings. The number of nitrogens with zero attached hydrogens (tertiary/aromatic N) is 3. The second kappa shape index (κ2) is 8.90. The topological polar surface area (TPSA) is 103 Å². The largest absolute Gasteiger partial charge is 0.462 e. The summed E-state index contributed by atoms with van der Waals surface area (Å²) in [6, 6.07) is 13.2. The molecule has 0 unspecified atom stereocenters. The molecule has 28 heavy (non-hydrogen) atoms. The Bertz CT molecular complexity index is 1040. The van der Waals surface area contributed by atoms with Crippen LogP contribution in [0.5, 0.6) is 0 Å². The second-order valence-corrected chi connectivity index (χ2v) is 6.18. The Morgan fingerprint density at radius 1 is 1.11 bits per heavy atom. The lowest BCUT2D eigenvalue weighted by atomic mass is 10.2. The van der Waals surface area contributed by atoms with E-state index in [-0.39, 0.29) is 12.1 Å². The average molecular weight is 380 g/mol. The van der Waals surface area contributed by atoms with E-state index in [0.717, 1.165) is 17.5 Å². The predicted molar refractivity (Wildman–Crippen MR) is 104 cm³/mol. The van der Waals surface area contributed by atoms with Crippen LogP contribution in [0.25, 0.3) is 10.9 Å². The molecule has 0 atom stereocenters. The van der Waals surface area contributed by atoms with Crippen LogP contribution in [0.3, 0.4) is 0 Å². The molecule has 3 aromatic rings. The third-order valence-electron chi connectivity index (χ3n) is 4.06. The fraction of sp³-hybridized carbons (Fsp3) is 0.250. The van der Waals surface area contributed by atoms with Crippen LogP contribution in [0.1, 0.15) is 30.1 Å². The molecule has 0 aliphatic heterocycles. The predicted octanol–water partition coefficient (Wildman–Crippen LogP) is 2.39. The molecule has 1 heterocycles. The number of nitrogens with one attached hydrogen (secondary N) is 1. The van der Waals surface area contributed by atoms with Gasteiger partial charge in [-0.05, 0) is 42.8 Å². The number of rotatable bonds is 7. The van der Waals surface area contributed by atoms with Gasteiger partial charge in [-0.15, -0.1) is 5.10 Å². The molecule has 1 amide bonds. The van der Waals surface area contributed by atoms with E-state index >= 15 is 0 Å². The third-order valence-corrected chi connectivity index (χ3v) is 4.06. The Morgan fingerprint density at radius 2 is 1.86 bits per heavy atom. The summed E-state index contributed by atoms with van der Waals surface area (Å²) in [5.74, 6) is -0.825. The van der Waals surface area contributed by atoms with Gasteiger partial charge in [0, 0.05) is 5.69 Å². The Balaban J connectivity index is 1.63. The van der Waals surface area contributed by atoms with Crippen LogP contribution in [0, 0.1) is 0 Å². The number of carbonyl (C=O) groups excluding carboxylic acids is 2. The van der Waals surface area contributed by atoms with E-state index in [9.17, 15) is 14.4 Å². The molecule has 0 aliphatic rings. The zero-order valence-corrected chi connectivity index (χ0v) is 15.4. The maximum Gasteiger partial charge on any atom is 0.338 e. The maximum atomic E-state index is 12.4. The number of hydrogen-bond acceptors (Lipinski definition) is 6. The van der Waals surface area contributed by atoms with Crippen LogP contribution in [0.15, 0.2) is 53.3 Å². The normalized spacial score (nSPS) is 10.6. The SMILES string of the molecule is CCCCOC(=O)c1ccc(NC(=O)Cn2nnc3ccccc3c2=O)cc1. The summed E-state index contributed by atoms with van der Waals surface area (Å²) in [7, 11) is 0. The lowest BCUT2D eigenvalue weighted by molar-refractivity contribution is -0.117. The number of carbonyl (C=O) groups is 2. The number of unbranched alkanes of at least 4 members (excludes halogenated alkanes) is 1. The monoisotopic (exact) mass is 380 g/mol. The van der Waals surface area contributed by atoms with Gasteiger partial charge in [0.1, 0.15) is 12.1 Å². The third kappa shape index (κ3) is 4.59. The molecule has 1 N–H and O–H groups in total. The standard InChI is InChI=1S/C20H20N4O4/c1-2-3-12-28-20(27)14-8-10-15(11-9-14)21-18(25)13-24-19(26)16-6-4-5-7-17(16)22-23-24/h4-11H,2-3,12-13H2,1H3,(H,21,25). The minimum atomic E-state index is -0.426. The molecule has 0 saturated heterocycles. The van der Waals surface area contributed by atoms with Crippen LogP contribution in [0.4, 0.5) is 5.69 Å². The molecule has 8 nitrogen and oxygen atoms in total. The number of anilines is 1. The fourth-order valence-electron chi connectivity index (χ4n) is 2.55. The fourth-order valence-corrected chi connectivity index (χ4v) is 2.55. The molecule has 8 heteroatoms. The minimum Gasteiger partial charge on any atom is -0.462 e. The molecule has 0 aliphatic carbocycles. The number of aromatic nitrogens is 3. The summed E-state index contributed by atoms with van der Waals surface area (Å²) >= 11 is 0. The van der Waals surface area contributed by atoms with E-state index in [1.54, 1.807) is 48.5 Å². The highest BCUT2D eigenvalue weighted by Gasteiger charge is 2.11. The molecule has 0 spiro atoms. The summed E-state index contributed by atoms with van der Waals surface area (Å²) in [6.45, 7) is 2.13. The van der Waals surface area contributed by atoms with Gasteiger partial charge in [-0.2, -0.15) is 0 Å². The van der Waals surface area contributed by atoms with Gasteiger partial charge in [-0.25, -0.2) is 9.48 Å². The molecule has 0 saturated carbocycles. The van der Waals surface area contributed by atoms with Crippen molar-refractivity contribution in [1.82, 2.24) is 15.0 Å². The molecule has 1 aromatic heterocycles. The van der Waals surface area contributed by atoms with Gasteiger partial charge >= 0.3 is 5.97 Å². The Hall–Kier alpha value is -3.55. The highest BCUT2D eigenvalue weighted by Crippen LogP contribution is 2.11. The van der Waals surface area contributed by atoms with E-state index in [1.807, 2.05) is 6.92 Å². The van der Waals surface area contributed by atoms with Crippen molar-refractivity contribution in [3.63, 3.8) is 0 Å². The first-order valence-corrected chi connectivity index (χ1v) is 8.98. The van der Waals surface area contributed by atoms with Crippen LogP contribution in [-0.2, 0) is 16.1 Å². The molecular formula is C20H20N4O4. The first kappa shape index (κ1) is 19.2. The van der Waals surface area contributed by atoms with Crippen LogP contribution in [-0.4, -0.2) is 33.5 Å². The summed E-state index contributed by atoms with van der Waals surface area (Å²) in [5, 5.41) is 10.8. The molecule has 3 rings (SSSR count). The van der Waals surface area contributed by atoms with Crippen molar-refractivity contribution in [2.75, 3.05) is 11.9 Å². The first-order valence-electron chi connectivity index (χ1n) is 8.98. The molecular weight excluding hydrogens is 360 g/mol. The van der Waals surface area contributed by atoms with Gasteiger partial charge in [-0.1, -0.05) is 30.7 Å². The summed E-state index contributed by atoms with van der Waals surface area (Å²) in [4.78, 5) is 36.5. The number of fused-ring (bicyclic) bond motifs is 1. The van der Waals surface area contributed by atoms with Gasteiger partial charge in [0.2, 0.25) is 5.91 Å². The van der Waals surface area contributed by atoms with E-state index in [0.29, 0.717) is 28.8 Å². The van der Waals surface area contributed by atoms with Crippen molar-refractivity contribution in [3.8, 4) is 0 Å². The van der Waals surface area contributed by atoms with Crippen molar-refractivity contribution in [2.24, 2.45) is 0 Å². The van der Waals surface area contributed by atoms with Gasteiger partial charge < -0.3 is 10.1 Å². The maximum absolute atomic E-state index is 12.4. The minimum absolute atomic E-state index is 0.266. The van der Waals surface area contributed by atoms with Crippen LogP contribution < -0.4 is 10.9 Å². The summed E-state index contributed by atoms with van der Waals surface area (Å²) < 4.78 is 6.15. The Morgan fingerprint density at radius 3 is 2.61 bits per heavy atom. The molecule has 0 radical (unpaired) electrons. The van der Waals surface area contributed by atoms with Crippen LogP contribution in [0.2, 0.25) is 0 Å². The summed E-state index contributed by atoms with van der Waals surface area (Å²) in [5.41, 5.74) is 0.999. The first-order chi connectivity index (χ1) is 13.6. The van der Waals surface area contributed by atoms with Crippen molar-refractivity contribution < 1.29 is 14.3 Å². The van der Waals surface area contributed by atoms with Crippen molar-refractivity contribution >= 4 is 28.5 Å². The number of esters is 1. The van der Waals surface area contributed by atoms with Crippen molar-refractivity contribution in [1.29, 1.82) is 0 Å². The average Bonchev–Trinajstić information content (AvgIpc) is 2.71.